The highest BCUT2D eigenvalue weighted by molar-refractivity contribution is 6.10. The molecule has 10 aromatic rings. The summed E-state index contributed by atoms with van der Waals surface area (Å²) in [7, 11) is 0. The maximum atomic E-state index is 12.5. The smallest absolute Gasteiger partial charge is 0.322 e. The van der Waals surface area contributed by atoms with Crippen LogP contribution in [0.1, 0.15) is 36.0 Å². The van der Waals surface area contributed by atoms with Crippen molar-refractivity contribution in [1.29, 1.82) is 0 Å². The number of pyridine rings is 1. The number of terminal acetylenes is 1. The molecule has 7 aromatic heterocycles. The zero-order chi connectivity index (χ0) is 45.9. The highest BCUT2D eigenvalue weighted by atomic mass is 16.5. The lowest BCUT2D eigenvalue weighted by Crippen LogP contribution is -2.11. The van der Waals surface area contributed by atoms with Gasteiger partial charge in [-0.2, -0.15) is 10.1 Å². The molecule has 1 aliphatic heterocycles. The molecular weight excluding hydrogens is 841 g/mol. The highest BCUT2D eigenvalue weighted by Crippen LogP contribution is 2.46. The Bertz CT molecular complexity index is 3690. The summed E-state index contributed by atoms with van der Waals surface area (Å²) in [6.45, 7) is 8.33. The van der Waals surface area contributed by atoms with E-state index in [2.05, 4.69) is 63.2 Å². The standard InChI is InChI=1S/C51H40N14O2/c1-5-34-21-31-7-6-18-64-45(38(31)23-54-34)40(42-46(52)55-25-57-48(42)64)29-10-15-37(16-11-29)67-51-60-28(4)19-36(62-51)24-65-44(30-8-13-35(14-9-30)61-50(66)27(2)3)41(43-47(53)56-26-58-49(43)65)32-12-17-39-33(20-32)22-59-63-39/h1,8-17,19-23,25-26H,2,6-7,18,24H2,3-4H3,(H,59,63)(H,61,66)(H2,52,55,57)(H2,53,56,58). The van der Waals surface area contributed by atoms with E-state index >= 15 is 0 Å². The predicted molar refractivity (Wildman–Crippen MR) is 259 cm³/mol. The van der Waals surface area contributed by atoms with Crippen molar-refractivity contribution in [2.45, 2.75) is 39.8 Å². The first-order valence-corrected chi connectivity index (χ1v) is 21.5. The quantitative estimate of drug-likeness (QED) is 0.0791. The van der Waals surface area contributed by atoms with E-state index in [1.54, 1.807) is 13.1 Å². The number of aryl methyl sites for hydroxylation is 3. The van der Waals surface area contributed by atoms with Crippen LogP contribution in [-0.4, -0.2) is 60.1 Å². The minimum Gasteiger partial charge on any atom is -0.424 e. The molecular formula is C51H40N14O2. The summed E-state index contributed by atoms with van der Waals surface area (Å²) in [6, 6.07) is 25.5. The van der Waals surface area contributed by atoms with Crippen LogP contribution < -0.4 is 21.5 Å². The molecule has 0 saturated heterocycles. The Kier molecular flexibility index (Phi) is 9.73. The van der Waals surface area contributed by atoms with Gasteiger partial charge in [-0.05, 0) is 97.5 Å². The lowest BCUT2D eigenvalue weighted by molar-refractivity contribution is -0.112. The lowest BCUT2D eigenvalue weighted by Gasteiger charge is -2.14. The maximum Gasteiger partial charge on any atom is 0.322 e. The van der Waals surface area contributed by atoms with Crippen LogP contribution in [0.2, 0.25) is 0 Å². The van der Waals surface area contributed by atoms with E-state index in [-0.39, 0.29) is 18.5 Å². The average Bonchev–Trinajstić information content (AvgIpc) is 3.99. The Morgan fingerprint density at radius 3 is 2.33 bits per heavy atom. The van der Waals surface area contributed by atoms with Crippen LogP contribution in [0.15, 0.2) is 116 Å². The van der Waals surface area contributed by atoms with Crippen LogP contribution in [0.3, 0.4) is 0 Å². The van der Waals surface area contributed by atoms with Gasteiger partial charge in [0.05, 0.1) is 46.1 Å². The van der Waals surface area contributed by atoms with Gasteiger partial charge in [0.1, 0.15) is 47.0 Å². The topological polar surface area (TPSA) is 219 Å². The third-order valence-corrected chi connectivity index (χ3v) is 12.1. The predicted octanol–water partition coefficient (Wildman–Crippen LogP) is 8.66. The zero-order valence-corrected chi connectivity index (χ0v) is 36.4. The van der Waals surface area contributed by atoms with Gasteiger partial charge in [0.15, 0.2) is 0 Å². The van der Waals surface area contributed by atoms with Crippen LogP contribution in [0.4, 0.5) is 17.3 Å². The molecule has 8 heterocycles. The molecule has 11 rings (SSSR count). The number of nitrogens with two attached hydrogens (primary N) is 2. The fraction of sp³-hybridized carbons (Fsp3) is 0.118. The number of carbonyl (C=O) groups is 1. The van der Waals surface area contributed by atoms with Gasteiger partial charge in [-0.1, -0.05) is 42.8 Å². The Hall–Kier alpha value is -9.23. The first kappa shape index (κ1) is 40.5. The number of nitrogens with one attached hydrogen (secondary N) is 2. The van der Waals surface area contributed by atoms with Crippen LogP contribution in [0.5, 0.6) is 11.8 Å². The van der Waals surface area contributed by atoms with E-state index in [0.717, 1.165) is 91.7 Å². The van der Waals surface area contributed by atoms with Crippen molar-refractivity contribution in [3.8, 4) is 68.9 Å². The van der Waals surface area contributed by atoms with Crippen molar-refractivity contribution in [3.63, 3.8) is 0 Å². The Labute approximate surface area is 382 Å². The second-order valence-corrected chi connectivity index (χ2v) is 16.5. The number of fused-ring (bicyclic) bond motifs is 7. The molecule has 0 spiro atoms. The van der Waals surface area contributed by atoms with Gasteiger partial charge in [0.2, 0.25) is 0 Å². The van der Waals surface area contributed by atoms with Crippen molar-refractivity contribution < 1.29 is 9.53 Å². The Balaban J connectivity index is 0.979. The molecule has 6 N–H and O–H groups in total. The molecule has 0 bridgehead atoms. The van der Waals surface area contributed by atoms with Crippen LogP contribution >= 0.6 is 0 Å². The third kappa shape index (κ3) is 7.11. The van der Waals surface area contributed by atoms with Gasteiger partial charge in [-0.15, -0.1) is 6.42 Å². The number of aromatic amines is 1. The van der Waals surface area contributed by atoms with Crippen molar-refractivity contribution in [2.24, 2.45) is 0 Å². The van der Waals surface area contributed by atoms with Crippen molar-refractivity contribution in [2.75, 3.05) is 16.8 Å². The number of rotatable bonds is 9. The summed E-state index contributed by atoms with van der Waals surface area (Å²) in [6.07, 6.45) is 14.1. The van der Waals surface area contributed by atoms with Crippen LogP contribution in [-0.2, 0) is 24.3 Å². The monoisotopic (exact) mass is 880 g/mol. The molecule has 0 aliphatic carbocycles. The number of ether oxygens (including phenoxy) is 1. The minimum atomic E-state index is -0.264. The molecule has 0 fully saturated rings. The van der Waals surface area contributed by atoms with E-state index in [4.69, 9.17) is 37.6 Å². The molecule has 67 heavy (non-hydrogen) atoms. The summed E-state index contributed by atoms with van der Waals surface area (Å²) < 4.78 is 10.7. The first-order chi connectivity index (χ1) is 32.6. The number of hydrogen-bond acceptors (Lipinski definition) is 12. The van der Waals surface area contributed by atoms with Crippen LogP contribution in [0, 0.1) is 19.3 Å². The summed E-state index contributed by atoms with van der Waals surface area (Å²) in [5.74, 6) is 3.65. The summed E-state index contributed by atoms with van der Waals surface area (Å²) in [5, 5.41) is 12.6. The third-order valence-electron chi connectivity index (χ3n) is 12.1. The van der Waals surface area contributed by atoms with E-state index in [1.165, 1.54) is 12.7 Å². The van der Waals surface area contributed by atoms with Gasteiger partial charge in [0.25, 0.3) is 5.91 Å². The van der Waals surface area contributed by atoms with Gasteiger partial charge in [0, 0.05) is 51.8 Å². The number of hydrogen-bond donors (Lipinski definition) is 4. The van der Waals surface area contributed by atoms with E-state index in [9.17, 15) is 4.79 Å². The molecule has 1 amide bonds. The second-order valence-electron chi connectivity index (χ2n) is 16.5. The van der Waals surface area contributed by atoms with Crippen molar-refractivity contribution in [3.05, 3.63) is 139 Å². The SMILES string of the molecule is C#Cc1cc2c(cn1)-c1c(-c3ccc(Oc4nc(C)cc(Cn5c(-c6ccc(NC(=O)C(=C)C)cc6)c(-c6ccc7[nH]ncc7c6)c6c(N)ncnc65)n4)cc3)c3c(N)ncnc3n1CCC2. The molecule has 0 radical (unpaired) electrons. The molecule has 0 saturated carbocycles. The number of aromatic nitrogens is 11. The second kappa shape index (κ2) is 16.1. The molecule has 3 aromatic carbocycles. The Morgan fingerprint density at radius 1 is 0.851 bits per heavy atom. The summed E-state index contributed by atoms with van der Waals surface area (Å²) in [4.78, 5) is 45.0. The zero-order valence-electron chi connectivity index (χ0n) is 36.4. The summed E-state index contributed by atoms with van der Waals surface area (Å²) >= 11 is 0. The first-order valence-electron chi connectivity index (χ1n) is 21.5. The van der Waals surface area contributed by atoms with Crippen molar-refractivity contribution in [1.82, 2.24) is 54.2 Å². The average molecular weight is 881 g/mol. The number of anilines is 3. The minimum absolute atomic E-state index is 0.170. The molecule has 16 heteroatoms. The fourth-order valence-electron chi connectivity index (χ4n) is 9.06. The van der Waals surface area contributed by atoms with E-state index in [1.807, 2.05) is 85.9 Å². The van der Waals surface area contributed by atoms with Crippen molar-refractivity contribution >= 4 is 56.2 Å². The Morgan fingerprint density at radius 2 is 1.57 bits per heavy atom. The van der Waals surface area contributed by atoms with E-state index in [0.29, 0.717) is 56.8 Å². The number of nitrogens with zero attached hydrogens (tertiary/aromatic N) is 10. The molecule has 0 unspecified atom stereocenters. The number of H-pyrrole nitrogens is 1. The highest BCUT2D eigenvalue weighted by Gasteiger charge is 2.28. The largest absolute Gasteiger partial charge is 0.424 e. The van der Waals surface area contributed by atoms with Gasteiger partial charge >= 0.3 is 6.01 Å². The number of carbonyl (C=O) groups excluding carboxylic acids is 1. The van der Waals surface area contributed by atoms with Gasteiger partial charge in [-0.25, -0.2) is 29.9 Å². The molecule has 0 atom stereocenters. The molecule has 16 nitrogen and oxygen atoms in total. The number of benzene rings is 3. The number of amides is 1. The maximum absolute atomic E-state index is 12.5. The molecule has 1 aliphatic rings. The van der Waals surface area contributed by atoms with E-state index < -0.39 is 0 Å². The molecule has 326 valence electrons. The van der Waals surface area contributed by atoms with Gasteiger partial charge < -0.3 is 30.7 Å². The lowest BCUT2D eigenvalue weighted by atomic mass is 9.96. The fourth-order valence-corrected chi connectivity index (χ4v) is 9.06. The summed E-state index contributed by atoms with van der Waals surface area (Å²) in [5.41, 5.74) is 26.8. The number of nitrogen functional groups attached to an aromatic ring is 2. The normalized spacial score (nSPS) is 12.1. The van der Waals surface area contributed by atoms with Gasteiger partial charge in [-0.3, -0.25) is 9.89 Å². The van der Waals surface area contributed by atoms with Crippen LogP contribution in [0.25, 0.3) is 77.7 Å².